The lowest BCUT2D eigenvalue weighted by molar-refractivity contribution is 0.0905. The Morgan fingerprint density at radius 1 is 1.00 bits per heavy atom. The van der Waals surface area contributed by atoms with Crippen molar-refractivity contribution in [1.82, 2.24) is 9.80 Å². The van der Waals surface area contributed by atoms with Crippen LogP contribution in [0, 0.1) is 0 Å². The molecule has 0 unspecified atom stereocenters. The summed E-state index contributed by atoms with van der Waals surface area (Å²) < 4.78 is 23.1. The normalized spacial score (nSPS) is 20.2. The second kappa shape index (κ2) is 7.05. The number of nitrogens with zero attached hydrogens (tertiary/aromatic N) is 2. The lowest BCUT2D eigenvalue weighted by Crippen LogP contribution is -2.46. The van der Waals surface area contributed by atoms with Gasteiger partial charge >= 0.3 is 0 Å². The topological polar surface area (TPSA) is 40.6 Å². The number of hydrogen-bond donors (Lipinski definition) is 0. The molecular formula is C19H24N2O2S. The lowest BCUT2D eigenvalue weighted by atomic mass is 10.0. The molecular weight excluding hydrogens is 320 g/mol. The summed E-state index contributed by atoms with van der Waals surface area (Å²) in [7, 11) is -0.949. The van der Waals surface area contributed by atoms with Gasteiger partial charge in [0.1, 0.15) is 0 Å². The zero-order valence-electron chi connectivity index (χ0n) is 14.2. The molecule has 1 saturated heterocycles. The highest BCUT2D eigenvalue weighted by molar-refractivity contribution is 7.90. The molecule has 2 aromatic rings. The first-order chi connectivity index (χ1) is 11.4. The van der Waals surface area contributed by atoms with Gasteiger partial charge < -0.3 is 0 Å². The van der Waals surface area contributed by atoms with Gasteiger partial charge in [-0.05, 0) is 30.3 Å². The SMILES string of the molecule is CN1CCN(Cc2ccc(S(C)(=O)=O)cc2)C[C@@H]1c1ccccc1. The van der Waals surface area contributed by atoms with Crippen LogP contribution in [0.5, 0.6) is 0 Å². The Labute approximate surface area is 144 Å². The Bertz CT molecular complexity index is 773. The van der Waals surface area contributed by atoms with Gasteiger partial charge in [-0.15, -0.1) is 0 Å². The molecule has 0 aromatic heterocycles. The van der Waals surface area contributed by atoms with E-state index >= 15 is 0 Å². The Morgan fingerprint density at radius 2 is 1.67 bits per heavy atom. The van der Waals surface area contributed by atoms with Crippen molar-refractivity contribution in [2.75, 3.05) is 32.9 Å². The standard InChI is InChI=1S/C19H24N2O2S/c1-20-12-13-21(15-19(20)17-6-4-3-5-7-17)14-16-8-10-18(11-9-16)24(2,22)23/h3-11,19H,12-15H2,1-2H3/t19-/m1/s1. The van der Waals surface area contributed by atoms with Crippen LogP contribution < -0.4 is 0 Å². The first-order valence-corrected chi connectivity index (χ1v) is 10.1. The van der Waals surface area contributed by atoms with Gasteiger partial charge in [0.15, 0.2) is 9.84 Å². The predicted molar refractivity (Wildman–Crippen MR) is 96.6 cm³/mol. The second-order valence-corrected chi connectivity index (χ2v) is 8.57. The summed E-state index contributed by atoms with van der Waals surface area (Å²) in [6.45, 7) is 3.88. The molecule has 1 aliphatic heterocycles. The summed E-state index contributed by atoms with van der Waals surface area (Å²) in [6, 6.07) is 18.3. The maximum Gasteiger partial charge on any atom is 0.175 e. The number of piperazine rings is 1. The fourth-order valence-corrected chi connectivity index (χ4v) is 3.84. The van der Waals surface area contributed by atoms with E-state index in [0.29, 0.717) is 10.9 Å². The Kier molecular flexibility index (Phi) is 5.04. The van der Waals surface area contributed by atoms with Gasteiger partial charge in [-0.25, -0.2) is 8.42 Å². The van der Waals surface area contributed by atoms with Crippen molar-refractivity contribution in [3.8, 4) is 0 Å². The average molecular weight is 344 g/mol. The van der Waals surface area contributed by atoms with E-state index in [0.717, 1.165) is 31.7 Å². The van der Waals surface area contributed by atoms with E-state index in [1.165, 1.54) is 11.8 Å². The van der Waals surface area contributed by atoms with Crippen molar-refractivity contribution in [2.24, 2.45) is 0 Å². The number of sulfone groups is 1. The molecule has 24 heavy (non-hydrogen) atoms. The minimum Gasteiger partial charge on any atom is -0.297 e. The Hall–Kier alpha value is -1.69. The van der Waals surface area contributed by atoms with Crippen LogP contribution in [0.15, 0.2) is 59.5 Å². The molecule has 0 bridgehead atoms. The first kappa shape index (κ1) is 17.1. The van der Waals surface area contributed by atoms with Gasteiger partial charge in [-0.3, -0.25) is 9.80 Å². The molecule has 4 nitrogen and oxygen atoms in total. The molecule has 0 N–H and O–H groups in total. The highest BCUT2D eigenvalue weighted by Crippen LogP contribution is 2.25. The van der Waals surface area contributed by atoms with Crippen LogP contribution in [-0.4, -0.2) is 51.2 Å². The summed E-state index contributed by atoms with van der Waals surface area (Å²) in [5.74, 6) is 0. The molecule has 5 heteroatoms. The van der Waals surface area contributed by atoms with Gasteiger partial charge in [0.25, 0.3) is 0 Å². The van der Waals surface area contributed by atoms with E-state index in [-0.39, 0.29) is 0 Å². The van der Waals surface area contributed by atoms with Crippen LogP contribution >= 0.6 is 0 Å². The van der Waals surface area contributed by atoms with Gasteiger partial charge in [0, 0.05) is 38.5 Å². The molecule has 2 aromatic carbocycles. The molecule has 3 rings (SSSR count). The van der Waals surface area contributed by atoms with Crippen LogP contribution in [-0.2, 0) is 16.4 Å². The molecule has 0 radical (unpaired) electrons. The van der Waals surface area contributed by atoms with Crippen LogP contribution in [0.2, 0.25) is 0 Å². The van der Waals surface area contributed by atoms with Crippen LogP contribution in [0.4, 0.5) is 0 Å². The zero-order valence-corrected chi connectivity index (χ0v) is 15.0. The van der Waals surface area contributed by atoms with E-state index in [2.05, 4.69) is 41.1 Å². The minimum absolute atomic E-state index is 0.381. The summed E-state index contributed by atoms with van der Waals surface area (Å²) in [5, 5.41) is 0. The number of benzene rings is 2. The van der Waals surface area contributed by atoms with Crippen molar-refractivity contribution < 1.29 is 8.42 Å². The molecule has 1 heterocycles. The predicted octanol–water partition coefficient (Wildman–Crippen LogP) is 2.58. The lowest BCUT2D eigenvalue weighted by Gasteiger charge is -2.39. The molecule has 1 fully saturated rings. The van der Waals surface area contributed by atoms with Crippen molar-refractivity contribution in [3.05, 3.63) is 65.7 Å². The van der Waals surface area contributed by atoms with Crippen molar-refractivity contribution >= 4 is 9.84 Å². The summed E-state index contributed by atoms with van der Waals surface area (Å²) in [4.78, 5) is 5.22. The third kappa shape index (κ3) is 4.04. The van der Waals surface area contributed by atoms with E-state index in [1.54, 1.807) is 12.1 Å². The molecule has 1 atom stereocenters. The summed E-state index contributed by atoms with van der Waals surface area (Å²) in [6.07, 6.45) is 1.24. The fraction of sp³-hybridized carbons (Fsp3) is 0.368. The molecule has 0 saturated carbocycles. The van der Waals surface area contributed by atoms with Gasteiger partial charge in [0.2, 0.25) is 0 Å². The van der Waals surface area contributed by atoms with Gasteiger partial charge in [-0.1, -0.05) is 42.5 Å². The van der Waals surface area contributed by atoms with Crippen molar-refractivity contribution in [1.29, 1.82) is 0 Å². The maximum atomic E-state index is 11.6. The fourth-order valence-electron chi connectivity index (χ4n) is 3.21. The highest BCUT2D eigenvalue weighted by Gasteiger charge is 2.25. The summed E-state index contributed by atoms with van der Waals surface area (Å²) >= 11 is 0. The number of hydrogen-bond acceptors (Lipinski definition) is 4. The number of rotatable bonds is 4. The number of likely N-dealkylation sites (N-methyl/N-ethyl adjacent to an activating group) is 1. The molecule has 0 amide bonds. The molecule has 1 aliphatic rings. The van der Waals surface area contributed by atoms with Crippen LogP contribution in [0.25, 0.3) is 0 Å². The van der Waals surface area contributed by atoms with Gasteiger partial charge in [-0.2, -0.15) is 0 Å². The second-order valence-electron chi connectivity index (χ2n) is 6.56. The molecule has 128 valence electrons. The van der Waals surface area contributed by atoms with E-state index in [1.807, 2.05) is 18.2 Å². The first-order valence-electron chi connectivity index (χ1n) is 8.20. The zero-order chi connectivity index (χ0) is 17.2. The molecule has 0 spiro atoms. The van der Waals surface area contributed by atoms with E-state index in [9.17, 15) is 8.42 Å². The average Bonchev–Trinajstić information content (AvgIpc) is 2.57. The van der Waals surface area contributed by atoms with Crippen molar-refractivity contribution in [2.45, 2.75) is 17.5 Å². The van der Waals surface area contributed by atoms with E-state index in [4.69, 9.17) is 0 Å². The quantitative estimate of drug-likeness (QED) is 0.855. The van der Waals surface area contributed by atoms with Crippen molar-refractivity contribution in [3.63, 3.8) is 0 Å². The maximum absolute atomic E-state index is 11.6. The van der Waals surface area contributed by atoms with E-state index < -0.39 is 9.84 Å². The van der Waals surface area contributed by atoms with Gasteiger partial charge in [0.05, 0.1) is 4.90 Å². The molecule has 0 aliphatic carbocycles. The minimum atomic E-state index is -3.13. The van der Waals surface area contributed by atoms with Crippen LogP contribution in [0.3, 0.4) is 0 Å². The third-order valence-corrected chi connectivity index (χ3v) is 5.80. The third-order valence-electron chi connectivity index (χ3n) is 4.67. The monoisotopic (exact) mass is 344 g/mol. The Balaban J connectivity index is 1.69. The van der Waals surface area contributed by atoms with Crippen LogP contribution in [0.1, 0.15) is 17.2 Å². The Morgan fingerprint density at radius 3 is 2.29 bits per heavy atom. The highest BCUT2D eigenvalue weighted by atomic mass is 32.2. The summed E-state index contributed by atoms with van der Waals surface area (Å²) in [5.41, 5.74) is 2.50. The largest absolute Gasteiger partial charge is 0.297 e. The smallest absolute Gasteiger partial charge is 0.175 e.